The number of allylic oxidation sites excluding steroid dienone is 2. The Kier molecular flexibility index (Phi) is 3.16. The van der Waals surface area contributed by atoms with Crippen LogP contribution in [0.25, 0.3) is 0 Å². The molecule has 11 heavy (non-hydrogen) atoms. The molecule has 1 aliphatic carbocycles. The van der Waals surface area contributed by atoms with Crippen molar-refractivity contribution in [1.82, 2.24) is 0 Å². The van der Waals surface area contributed by atoms with Crippen molar-refractivity contribution in [1.29, 1.82) is 0 Å². The molecule has 0 amide bonds. The molecule has 1 saturated carbocycles. The largest absolute Gasteiger partial charge is 0.0775 e. The molecule has 0 atom stereocenters. The first kappa shape index (κ1) is 8.83. The maximum absolute atomic E-state index is 2.27. The van der Waals surface area contributed by atoms with Crippen molar-refractivity contribution in [3.63, 3.8) is 0 Å². The molecule has 0 aromatic heterocycles. The fourth-order valence-electron chi connectivity index (χ4n) is 1.45. The van der Waals surface area contributed by atoms with Crippen LogP contribution in [-0.4, -0.2) is 0 Å². The van der Waals surface area contributed by atoms with E-state index in [-0.39, 0.29) is 0 Å². The summed E-state index contributed by atoms with van der Waals surface area (Å²) in [5.41, 5.74) is 3.13. The van der Waals surface area contributed by atoms with Crippen molar-refractivity contribution in [2.75, 3.05) is 0 Å². The van der Waals surface area contributed by atoms with Crippen LogP contribution in [0.4, 0.5) is 0 Å². The first-order valence-corrected chi connectivity index (χ1v) is 4.83. The van der Waals surface area contributed by atoms with Crippen molar-refractivity contribution in [2.24, 2.45) is 5.92 Å². The molecule has 1 fully saturated rings. The highest BCUT2D eigenvalue weighted by molar-refractivity contribution is 5.06. The molecule has 0 heterocycles. The van der Waals surface area contributed by atoms with Gasteiger partial charge in [0.2, 0.25) is 0 Å². The summed E-state index contributed by atoms with van der Waals surface area (Å²) in [7, 11) is 0. The van der Waals surface area contributed by atoms with E-state index in [1.54, 1.807) is 5.57 Å². The topological polar surface area (TPSA) is 0 Å². The van der Waals surface area contributed by atoms with Gasteiger partial charge in [-0.25, -0.2) is 0 Å². The van der Waals surface area contributed by atoms with E-state index in [9.17, 15) is 0 Å². The molecule has 0 nitrogen and oxygen atoms in total. The molecule has 0 aromatic carbocycles. The van der Waals surface area contributed by atoms with Gasteiger partial charge in [0.25, 0.3) is 0 Å². The predicted molar refractivity (Wildman–Crippen MR) is 50.6 cm³/mol. The lowest BCUT2D eigenvalue weighted by molar-refractivity contribution is 0.296. The van der Waals surface area contributed by atoms with E-state index in [4.69, 9.17) is 0 Å². The first-order valence-electron chi connectivity index (χ1n) is 4.83. The highest BCUT2D eigenvalue weighted by Crippen LogP contribution is 2.31. The normalized spacial score (nSPS) is 17.7. The summed E-state index contributed by atoms with van der Waals surface area (Å²) in [5, 5.41) is 0. The van der Waals surface area contributed by atoms with Gasteiger partial charge in [0.1, 0.15) is 0 Å². The van der Waals surface area contributed by atoms with Gasteiger partial charge in [-0.2, -0.15) is 0 Å². The summed E-state index contributed by atoms with van der Waals surface area (Å²) in [5.74, 6) is 1.07. The molecule has 0 saturated heterocycles. The minimum atomic E-state index is 1.07. The molecule has 0 unspecified atom stereocenters. The van der Waals surface area contributed by atoms with Gasteiger partial charge >= 0.3 is 0 Å². The van der Waals surface area contributed by atoms with E-state index < -0.39 is 0 Å². The summed E-state index contributed by atoms with van der Waals surface area (Å²) in [6.45, 7) is 6.71. The zero-order chi connectivity index (χ0) is 8.27. The first-order chi connectivity index (χ1) is 5.20. The van der Waals surface area contributed by atoms with Crippen LogP contribution in [-0.2, 0) is 0 Å². The molecule has 0 aliphatic heterocycles. The van der Waals surface area contributed by atoms with Crippen molar-refractivity contribution < 1.29 is 0 Å². The third-order valence-electron chi connectivity index (χ3n) is 3.01. The van der Waals surface area contributed by atoms with Gasteiger partial charge in [0, 0.05) is 0 Å². The van der Waals surface area contributed by atoms with Crippen molar-refractivity contribution >= 4 is 0 Å². The SMILES string of the molecule is CC(C)=C(C)CCC1CCC1. The standard InChI is InChI=1S/C11H20/c1-9(2)10(3)7-8-11-5-4-6-11/h11H,4-8H2,1-3H3. The number of rotatable bonds is 3. The van der Waals surface area contributed by atoms with Gasteiger partial charge < -0.3 is 0 Å². The maximum atomic E-state index is 2.27. The molecule has 64 valence electrons. The Bertz CT molecular complexity index is 145. The van der Waals surface area contributed by atoms with Crippen LogP contribution >= 0.6 is 0 Å². The molecule has 0 radical (unpaired) electrons. The lowest BCUT2D eigenvalue weighted by Gasteiger charge is -2.25. The Morgan fingerprint density at radius 2 is 1.82 bits per heavy atom. The van der Waals surface area contributed by atoms with Gasteiger partial charge in [0.05, 0.1) is 0 Å². The molecule has 1 aliphatic rings. The van der Waals surface area contributed by atoms with Crippen molar-refractivity contribution in [3.05, 3.63) is 11.1 Å². The van der Waals surface area contributed by atoms with Crippen molar-refractivity contribution in [3.8, 4) is 0 Å². The van der Waals surface area contributed by atoms with Gasteiger partial charge in [-0.15, -0.1) is 0 Å². The molecule has 0 heteroatoms. The van der Waals surface area contributed by atoms with Crippen LogP contribution in [0.15, 0.2) is 11.1 Å². The summed E-state index contributed by atoms with van der Waals surface area (Å²) < 4.78 is 0. The average Bonchev–Trinajstić information content (AvgIpc) is 1.83. The fourth-order valence-corrected chi connectivity index (χ4v) is 1.45. The number of hydrogen-bond acceptors (Lipinski definition) is 0. The Hall–Kier alpha value is -0.260. The Labute approximate surface area is 70.7 Å². The average molecular weight is 152 g/mol. The Morgan fingerprint density at radius 3 is 2.18 bits per heavy atom. The van der Waals surface area contributed by atoms with Gasteiger partial charge in [-0.3, -0.25) is 0 Å². The Balaban J connectivity index is 2.15. The second kappa shape index (κ2) is 3.94. The van der Waals surface area contributed by atoms with E-state index in [2.05, 4.69) is 20.8 Å². The zero-order valence-corrected chi connectivity index (χ0v) is 8.11. The van der Waals surface area contributed by atoms with E-state index >= 15 is 0 Å². The summed E-state index contributed by atoms with van der Waals surface area (Å²) >= 11 is 0. The minimum absolute atomic E-state index is 1.07. The second-order valence-corrected chi connectivity index (χ2v) is 4.12. The lowest BCUT2D eigenvalue weighted by Crippen LogP contribution is -2.10. The predicted octanol–water partition coefficient (Wildman–Crippen LogP) is 3.92. The second-order valence-electron chi connectivity index (χ2n) is 4.12. The highest BCUT2D eigenvalue weighted by Gasteiger charge is 2.16. The molecular formula is C11H20. The third-order valence-corrected chi connectivity index (χ3v) is 3.01. The van der Waals surface area contributed by atoms with Gasteiger partial charge in [0.15, 0.2) is 0 Å². The summed E-state index contributed by atoms with van der Waals surface area (Å²) in [6.07, 6.45) is 7.26. The lowest BCUT2D eigenvalue weighted by atomic mass is 9.81. The number of hydrogen-bond donors (Lipinski definition) is 0. The van der Waals surface area contributed by atoms with E-state index in [0.717, 1.165) is 5.92 Å². The molecule has 1 rings (SSSR count). The van der Waals surface area contributed by atoms with Crippen LogP contribution in [0.3, 0.4) is 0 Å². The molecule has 0 N–H and O–H groups in total. The van der Waals surface area contributed by atoms with Crippen molar-refractivity contribution in [2.45, 2.75) is 52.9 Å². The summed E-state index contributed by atoms with van der Waals surface area (Å²) in [6, 6.07) is 0. The quantitative estimate of drug-likeness (QED) is 0.538. The zero-order valence-electron chi connectivity index (χ0n) is 8.11. The molecular weight excluding hydrogens is 132 g/mol. The van der Waals surface area contributed by atoms with Crippen LogP contribution in [0.5, 0.6) is 0 Å². The molecule has 0 spiro atoms. The molecule has 0 aromatic rings. The van der Waals surface area contributed by atoms with Crippen LogP contribution in [0.1, 0.15) is 52.9 Å². The van der Waals surface area contributed by atoms with E-state index in [1.807, 2.05) is 0 Å². The van der Waals surface area contributed by atoms with E-state index in [1.165, 1.54) is 37.7 Å². The smallest absolute Gasteiger partial charge is 0.0318 e. The van der Waals surface area contributed by atoms with Gasteiger partial charge in [-0.05, 0) is 39.5 Å². The van der Waals surface area contributed by atoms with Crippen LogP contribution < -0.4 is 0 Å². The third kappa shape index (κ3) is 2.69. The minimum Gasteiger partial charge on any atom is -0.0775 e. The van der Waals surface area contributed by atoms with Crippen LogP contribution in [0.2, 0.25) is 0 Å². The Morgan fingerprint density at radius 1 is 1.18 bits per heavy atom. The molecule has 0 bridgehead atoms. The fraction of sp³-hybridized carbons (Fsp3) is 0.818. The van der Waals surface area contributed by atoms with Gasteiger partial charge in [-0.1, -0.05) is 30.4 Å². The highest BCUT2D eigenvalue weighted by atomic mass is 14.2. The van der Waals surface area contributed by atoms with Crippen LogP contribution in [0, 0.1) is 5.92 Å². The summed E-state index contributed by atoms with van der Waals surface area (Å²) in [4.78, 5) is 0. The maximum Gasteiger partial charge on any atom is -0.0318 e. The monoisotopic (exact) mass is 152 g/mol. The van der Waals surface area contributed by atoms with E-state index in [0.29, 0.717) is 0 Å².